The molecule has 38 heavy (non-hydrogen) atoms. The number of hydrogen-bond acceptors (Lipinski definition) is 3. The fraction of sp³-hybridized carbons (Fsp3) is 0.765. The summed E-state index contributed by atoms with van der Waals surface area (Å²) in [5.74, 6) is 4.93. The average molecular weight is 541 g/mol. The Hall–Kier alpha value is -1.13. The van der Waals surface area contributed by atoms with Crippen LogP contribution >= 0.6 is 0 Å². The predicted molar refractivity (Wildman–Crippen MR) is 156 cm³/mol. The molecule has 0 amide bonds. The Morgan fingerprint density at radius 1 is 0.947 bits per heavy atom. The highest BCUT2D eigenvalue weighted by atomic mass is 32.2. The van der Waals surface area contributed by atoms with Crippen molar-refractivity contribution >= 4 is 10.1 Å². The van der Waals surface area contributed by atoms with Crippen molar-refractivity contribution in [1.29, 1.82) is 0 Å². The highest BCUT2D eigenvalue weighted by Crippen LogP contribution is 2.67. The Morgan fingerprint density at radius 3 is 2.39 bits per heavy atom. The molecule has 0 N–H and O–H groups in total. The van der Waals surface area contributed by atoms with Gasteiger partial charge in [-0.1, -0.05) is 83.2 Å². The molecule has 4 aliphatic rings. The SMILES string of the molecule is Cc1ccc(S(=O)(=O)OC2CC[C@]3(C)C(=CCC4C5CCC(C(C)CCCC(C)C)[C@]5(C)CCC43)C2)cc1. The first-order chi connectivity index (χ1) is 17.9. The average Bonchev–Trinajstić information content (AvgIpc) is 3.21. The van der Waals surface area contributed by atoms with Crippen molar-refractivity contribution in [2.45, 2.75) is 123 Å². The van der Waals surface area contributed by atoms with Crippen LogP contribution in [0.1, 0.15) is 111 Å². The van der Waals surface area contributed by atoms with Crippen molar-refractivity contribution in [3.05, 3.63) is 41.5 Å². The predicted octanol–water partition coefficient (Wildman–Crippen LogP) is 9.11. The van der Waals surface area contributed by atoms with E-state index in [1.807, 2.05) is 19.1 Å². The molecule has 4 heteroatoms. The van der Waals surface area contributed by atoms with Gasteiger partial charge in [0.2, 0.25) is 0 Å². The van der Waals surface area contributed by atoms with Crippen molar-refractivity contribution in [2.24, 2.45) is 46.3 Å². The number of hydrogen-bond donors (Lipinski definition) is 0. The van der Waals surface area contributed by atoms with E-state index in [0.717, 1.165) is 60.3 Å². The van der Waals surface area contributed by atoms with Gasteiger partial charge in [0, 0.05) is 0 Å². The third-order valence-corrected chi connectivity index (χ3v) is 13.2. The quantitative estimate of drug-likeness (QED) is 0.244. The largest absolute Gasteiger partial charge is 0.297 e. The molecule has 3 saturated carbocycles. The van der Waals surface area contributed by atoms with Gasteiger partial charge in [0.05, 0.1) is 11.0 Å². The molecule has 3 nitrogen and oxygen atoms in total. The van der Waals surface area contributed by atoms with Crippen LogP contribution < -0.4 is 0 Å². The van der Waals surface area contributed by atoms with E-state index >= 15 is 0 Å². The molecule has 0 heterocycles. The summed E-state index contributed by atoms with van der Waals surface area (Å²) in [6.07, 6.45) is 15.8. The van der Waals surface area contributed by atoms with Crippen molar-refractivity contribution in [3.8, 4) is 0 Å². The lowest BCUT2D eigenvalue weighted by Gasteiger charge is -2.58. The first-order valence-electron chi connectivity index (χ1n) is 15.6. The molecule has 1 aromatic rings. The minimum Gasteiger partial charge on any atom is -0.263 e. The Bertz CT molecular complexity index is 1120. The van der Waals surface area contributed by atoms with E-state index in [1.165, 1.54) is 56.9 Å². The summed E-state index contributed by atoms with van der Waals surface area (Å²) >= 11 is 0. The number of allylic oxidation sites excluding steroid dienone is 1. The number of fused-ring (bicyclic) bond motifs is 5. The summed E-state index contributed by atoms with van der Waals surface area (Å²) in [5, 5.41) is 0. The lowest BCUT2D eigenvalue weighted by molar-refractivity contribution is -0.0556. The van der Waals surface area contributed by atoms with Gasteiger partial charge in [0.1, 0.15) is 0 Å². The van der Waals surface area contributed by atoms with Gasteiger partial charge in [0.15, 0.2) is 0 Å². The van der Waals surface area contributed by atoms with E-state index in [9.17, 15) is 8.42 Å². The third kappa shape index (κ3) is 5.18. The molecule has 0 aromatic heterocycles. The van der Waals surface area contributed by atoms with E-state index in [1.54, 1.807) is 12.1 Å². The van der Waals surface area contributed by atoms with E-state index in [4.69, 9.17) is 4.18 Å². The standard InChI is InChI=1S/C34H52O3S/c1-23(2)8-7-9-25(4)30-16-17-31-29-15-12-26-22-27(37-38(35,36)28-13-10-24(3)11-14-28)18-20-33(26,5)32(29)19-21-34(30,31)6/h10-14,23,25,27,29-32H,7-9,15-22H2,1-6H3/t25?,27?,29?,30?,31?,32?,33-,34+/m1/s1. The highest BCUT2D eigenvalue weighted by molar-refractivity contribution is 7.86. The molecule has 212 valence electrons. The summed E-state index contributed by atoms with van der Waals surface area (Å²) < 4.78 is 31.8. The van der Waals surface area contributed by atoms with Gasteiger partial charge < -0.3 is 0 Å². The van der Waals surface area contributed by atoms with Gasteiger partial charge in [-0.25, -0.2) is 0 Å². The normalized spacial score (nSPS) is 37.8. The number of rotatable bonds is 8. The van der Waals surface area contributed by atoms with Crippen molar-refractivity contribution in [3.63, 3.8) is 0 Å². The van der Waals surface area contributed by atoms with Crippen LogP contribution in [0.3, 0.4) is 0 Å². The summed E-state index contributed by atoms with van der Waals surface area (Å²) in [7, 11) is -3.73. The monoisotopic (exact) mass is 540 g/mol. The molecular formula is C34H52O3S. The first kappa shape index (κ1) is 28.4. The van der Waals surface area contributed by atoms with Crippen LogP contribution in [-0.4, -0.2) is 14.5 Å². The van der Waals surface area contributed by atoms with Crippen LogP contribution in [0.2, 0.25) is 0 Å². The molecule has 0 aliphatic heterocycles. The molecule has 5 rings (SSSR count). The summed E-state index contributed by atoms with van der Waals surface area (Å²) in [4.78, 5) is 0.273. The molecule has 1 aromatic carbocycles. The highest BCUT2D eigenvalue weighted by Gasteiger charge is 2.59. The Morgan fingerprint density at radius 2 is 1.68 bits per heavy atom. The Balaban J connectivity index is 1.27. The van der Waals surface area contributed by atoms with E-state index < -0.39 is 10.1 Å². The Labute approximate surface area is 233 Å². The van der Waals surface area contributed by atoms with Gasteiger partial charge in [-0.3, -0.25) is 4.18 Å². The maximum absolute atomic E-state index is 13.0. The van der Waals surface area contributed by atoms with Crippen molar-refractivity contribution < 1.29 is 12.6 Å². The fourth-order valence-electron chi connectivity index (χ4n) is 9.67. The van der Waals surface area contributed by atoms with E-state index in [0.29, 0.717) is 5.41 Å². The van der Waals surface area contributed by atoms with Crippen LogP contribution in [0.15, 0.2) is 40.8 Å². The fourth-order valence-corrected chi connectivity index (χ4v) is 10.8. The van der Waals surface area contributed by atoms with Crippen LogP contribution in [-0.2, 0) is 14.3 Å². The second-order valence-electron chi connectivity index (χ2n) is 14.5. The minimum atomic E-state index is -3.73. The van der Waals surface area contributed by atoms with E-state index in [2.05, 4.69) is 40.7 Å². The maximum Gasteiger partial charge on any atom is 0.297 e. The second-order valence-corrected chi connectivity index (χ2v) is 16.1. The first-order valence-corrected chi connectivity index (χ1v) is 17.0. The van der Waals surface area contributed by atoms with Crippen molar-refractivity contribution in [2.75, 3.05) is 0 Å². The van der Waals surface area contributed by atoms with Gasteiger partial charge >= 0.3 is 0 Å². The summed E-state index contributed by atoms with van der Waals surface area (Å²) in [5.41, 5.74) is 3.24. The van der Waals surface area contributed by atoms with Gasteiger partial charge in [-0.15, -0.1) is 0 Å². The van der Waals surface area contributed by atoms with E-state index in [-0.39, 0.29) is 16.4 Å². The molecule has 0 spiro atoms. The Kier molecular flexibility index (Phi) is 7.99. The minimum absolute atomic E-state index is 0.207. The smallest absolute Gasteiger partial charge is 0.263 e. The topological polar surface area (TPSA) is 43.4 Å². The number of benzene rings is 1. The van der Waals surface area contributed by atoms with Crippen LogP contribution in [0.4, 0.5) is 0 Å². The second kappa shape index (κ2) is 10.7. The van der Waals surface area contributed by atoms with Gasteiger partial charge in [0.25, 0.3) is 10.1 Å². The zero-order chi connectivity index (χ0) is 27.3. The zero-order valence-electron chi connectivity index (χ0n) is 24.8. The van der Waals surface area contributed by atoms with Crippen LogP contribution in [0.5, 0.6) is 0 Å². The summed E-state index contributed by atoms with van der Waals surface area (Å²) in [6, 6.07) is 7.02. The zero-order valence-corrected chi connectivity index (χ0v) is 25.7. The summed E-state index contributed by atoms with van der Waals surface area (Å²) in [6.45, 7) is 14.4. The molecule has 3 fully saturated rings. The lowest BCUT2D eigenvalue weighted by atomic mass is 9.47. The molecule has 6 unspecified atom stereocenters. The maximum atomic E-state index is 13.0. The molecule has 0 saturated heterocycles. The molecule has 8 atom stereocenters. The number of aryl methyl sites for hydroxylation is 1. The third-order valence-electron chi connectivity index (χ3n) is 11.8. The molecule has 0 radical (unpaired) electrons. The van der Waals surface area contributed by atoms with Crippen LogP contribution in [0, 0.1) is 53.3 Å². The molecule has 0 bridgehead atoms. The molecular weight excluding hydrogens is 488 g/mol. The van der Waals surface area contributed by atoms with Crippen LogP contribution in [0.25, 0.3) is 0 Å². The lowest BCUT2D eigenvalue weighted by Crippen LogP contribution is -2.51. The van der Waals surface area contributed by atoms with Gasteiger partial charge in [-0.2, -0.15) is 8.42 Å². The van der Waals surface area contributed by atoms with Crippen molar-refractivity contribution in [1.82, 2.24) is 0 Å². The molecule has 4 aliphatic carbocycles. The van der Waals surface area contributed by atoms with Gasteiger partial charge in [-0.05, 0) is 117 Å².